The molecule has 1 N–H and O–H groups in total. The Morgan fingerprint density at radius 1 is 1.04 bits per heavy atom. The van der Waals surface area contributed by atoms with E-state index in [4.69, 9.17) is 4.74 Å². The Kier molecular flexibility index (Phi) is 4.89. The van der Waals surface area contributed by atoms with Gasteiger partial charge in [-0.15, -0.1) is 0 Å². The molecule has 1 saturated heterocycles. The lowest BCUT2D eigenvalue weighted by Gasteiger charge is -2.34. The van der Waals surface area contributed by atoms with Crippen molar-refractivity contribution < 1.29 is 9.84 Å². The Bertz CT molecular complexity index is 705. The zero-order valence-corrected chi connectivity index (χ0v) is 14.1. The van der Waals surface area contributed by atoms with Gasteiger partial charge < -0.3 is 14.7 Å². The number of piperazine rings is 1. The minimum Gasteiger partial charge on any atom is -0.504 e. The smallest absolute Gasteiger partial charge is 0.166 e. The van der Waals surface area contributed by atoms with Crippen LogP contribution in [0.15, 0.2) is 47.6 Å². The highest BCUT2D eigenvalue weighted by atomic mass is 16.5. The lowest BCUT2D eigenvalue weighted by Crippen LogP contribution is -2.44. The van der Waals surface area contributed by atoms with E-state index in [1.165, 1.54) is 11.3 Å². The molecule has 0 radical (unpaired) electrons. The van der Waals surface area contributed by atoms with Gasteiger partial charge in [0.2, 0.25) is 0 Å². The van der Waals surface area contributed by atoms with E-state index < -0.39 is 0 Å². The standard InChI is InChI=1S/C19H23N3O2/c1-15-6-8-17(9-7-15)21-10-12-22(13-11-21)20-14-16-4-3-5-18(24-2)19(16)23/h3-9,14,23H,10-13H2,1-2H3/b20-14-. The number of para-hydroxylation sites is 1. The van der Waals surface area contributed by atoms with E-state index >= 15 is 0 Å². The van der Waals surface area contributed by atoms with Gasteiger partial charge in [-0.3, -0.25) is 5.01 Å². The highest BCUT2D eigenvalue weighted by Crippen LogP contribution is 2.28. The van der Waals surface area contributed by atoms with Crippen LogP contribution in [0.4, 0.5) is 5.69 Å². The van der Waals surface area contributed by atoms with Crippen LogP contribution in [-0.2, 0) is 0 Å². The minimum atomic E-state index is 0.127. The maximum atomic E-state index is 10.1. The molecule has 0 aromatic heterocycles. The lowest BCUT2D eigenvalue weighted by atomic mass is 10.2. The van der Waals surface area contributed by atoms with Crippen molar-refractivity contribution in [3.63, 3.8) is 0 Å². The van der Waals surface area contributed by atoms with Crippen LogP contribution in [0.5, 0.6) is 11.5 Å². The Balaban J connectivity index is 1.60. The second-order valence-corrected chi connectivity index (χ2v) is 5.92. The molecule has 0 bridgehead atoms. The van der Waals surface area contributed by atoms with Crippen LogP contribution in [0.3, 0.4) is 0 Å². The minimum absolute atomic E-state index is 0.127. The summed E-state index contributed by atoms with van der Waals surface area (Å²) in [6, 6.07) is 14.0. The van der Waals surface area contributed by atoms with Gasteiger partial charge in [0.1, 0.15) is 0 Å². The molecule has 1 aliphatic heterocycles. The number of phenolic OH excluding ortho intramolecular Hbond substituents is 1. The third-order valence-electron chi connectivity index (χ3n) is 4.27. The molecule has 2 aromatic rings. The SMILES string of the molecule is COc1cccc(/C=N\N2CCN(c3ccc(C)cc3)CC2)c1O. The first-order chi connectivity index (χ1) is 11.7. The molecule has 5 heteroatoms. The predicted molar refractivity (Wildman–Crippen MR) is 97.2 cm³/mol. The zero-order chi connectivity index (χ0) is 16.9. The second-order valence-electron chi connectivity index (χ2n) is 5.92. The van der Waals surface area contributed by atoms with Gasteiger partial charge in [0.15, 0.2) is 11.5 Å². The fourth-order valence-corrected chi connectivity index (χ4v) is 2.78. The molecule has 0 spiro atoms. The van der Waals surface area contributed by atoms with E-state index in [1.54, 1.807) is 19.4 Å². The number of hydrazone groups is 1. The summed E-state index contributed by atoms with van der Waals surface area (Å²) >= 11 is 0. The van der Waals surface area contributed by atoms with Crippen molar-refractivity contribution in [2.45, 2.75) is 6.92 Å². The van der Waals surface area contributed by atoms with Crippen LogP contribution in [-0.4, -0.2) is 49.6 Å². The summed E-state index contributed by atoms with van der Waals surface area (Å²) in [7, 11) is 1.54. The van der Waals surface area contributed by atoms with Crippen LogP contribution in [0.2, 0.25) is 0 Å². The van der Waals surface area contributed by atoms with E-state index in [-0.39, 0.29) is 5.75 Å². The number of ether oxygens (including phenoxy) is 1. The van der Waals surface area contributed by atoms with Crippen LogP contribution >= 0.6 is 0 Å². The Hall–Kier alpha value is -2.69. The largest absolute Gasteiger partial charge is 0.504 e. The first-order valence-electron chi connectivity index (χ1n) is 8.14. The summed E-state index contributed by atoms with van der Waals surface area (Å²) in [6.07, 6.45) is 1.69. The maximum absolute atomic E-state index is 10.1. The number of hydrogen-bond acceptors (Lipinski definition) is 5. The monoisotopic (exact) mass is 325 g/mol. The molecule has 3 rings (SSSR count). The third kappa shape index (κ3) is 3.62. The molecule has 24 heavy (non-hydrogen) atoms. The van der Waals surface area contributed by atoms with E-state index in [1.807, 2.05) is 17.1 Å². The Morgan fingerprint density at radius 3 is 2.42 bits per heavy atom. The maximum Gasteiger partial charge on any atom is 0.166 e. The molecule has 0 aliphatic carbocycles. The van der Waals surface area contributed by atoms with Crippen molar-refractivity contribution in [3.05, 3.63) is 53.6 Å². The molecule has 0 unspecified atom stereocenters. The highest BCUT2D eigenvalue weighted by molar-refractivity contribution is 5.84. The molecule has 0 saturated carbocycles. The highest BCUT2D eigenvalue weighted by Gasteiger charge is 2.15. The van der Waals surface area contributed by atoms with Crippen molar-refractivity contribution in [2.75, 3.05) is 38.2 Å². The summed E-state index contributed by atoms with van der Waals surface area (Å²) in [5.74, 6) is 0.588. The van der Waals surface area contributed by atoms with Gasteiger partial charge in [0, 0.05) is 24.3 Å². The van der Waals surface area contributed by atoms with Gasteiger partial charge in [-0.05, 0) is 31.2 Å². The van der Waals surface area contributed by atoms with Gasteiger partial charge in [-0.1, -0.05) is 23.8 Å². The van der Waals surface area contributed by atoms with Gasteiger partial charge >= 0.3 is 0 Å². The number of methoxy groups -OCH3 is 1. The number of aryl methyl sites for hydroxylation is 1. The summed E-state index contributed by atoms with van der Waals surface area (Å²) in [5.41, 5.74) is 3.20. The molecule has 1 heterocycles. The van der Waals surface area contributed by atoms with E-state index in [2.05, 4.69) is 41.2 Å². The quantitative estimate of drug-likeness (QED) is 0.878. The van der Waals surface area contributed by atoms with Crippen LogP contribution in [0, 0.1) is 6.92 Å². The van der Waals surface area contributed by atoms with Crippen molar-refractivity contribution in [1.82, 2.24) is 5.01 Å². The number of anilines is 1. The van der Waals surface area contributed by atoms with Gasteiger partial charge in [0.25, 0.3) is 0 Å². The summed E-state index contributed by atoms with van der Waals surface area (Å²) in [5, 5.41) is 16.6. The van der Waals surface area contributed by atoms with Crippen LogP contribution in [0.25, 0.3) is 0 Å². The first kappa shape index (κ1) is 16.2. The summed E-state index contributed by atoms with van der Waals surface area (Å²) in [6.45, 7) is 5.68. The summed E-state index contributed by atoms with van der Waals surface area (Å²) < 4.78 is 5.12. The number of benzene rings is 2. The number of hydrogen-bond donors (Lipinski definition) is 1. The average Bonchev–Trinajstić information content (AvgIpc) is 2.62. The van der Waals surface area contributed by atoms with Gasteiger partial charge in [-0.25, -0.2) is 0 Å². The van der Waals surface area contributed by atoms with Crippen LogP contribution < -0.4 is 9.64 Å². The third-order valence-corrected chi connectivity index (χ3v) is 4.27. The van der Waals surface area contributed by atoms with Gasteiger partial charge in [-0.2, -0.15) is 5.10 Å². The fraction of sp³-hybridized carbons (Fsp3) is 0.316. The molecule has 1 fully saturated rings. The normalized spacial score (nSPS) is 15.1. The summed E-state index contributed by atoms with van der Waals surface area (Å²) in [4.78, 5) is 2.37. The van der Waals surface area contributed by atoms with E-state index in [0.29, 0.717) is 11.3 Å². The van der Waals surface area contributed by atoms with Gasteiger partial charge in [0.05, 0.1) is 26.4 Å². The van der Waals surface area contributed by atoms with Crippen LogP contribution in [0.1, 0.15) is 11.1 Å². The molecule has 2 aromatic carbocycles. The number of rotatable bonds is 4. The number of phenols is 1. The van der Waals surface area contributed by atoms with Crippen molar-refractivity contribution in [3.8, 4) is 11.5 Å². The number of aromatic hydroxyl groups is 1. The Labute approximate surface area is 142 Å². The fourth-order valence-electron chi connectivity index (χ4n) is 2.78. The molecule has 1 aliphatic rings. The first-order valence-corrected chi connectivity index (χ1v) is 8.14. The predicted octanol–water partition coefficient (Wildman–Crippen LogP) is 2.87. The van der Waals surface area contributed by atoms with E-state index in [0.717, 1.165) is 26.2 Å². The topological polar surface area (TPSA) is 48.3 Å². The Morgan fingerprint density at radius 2 is 1.75 bits per heavy atom. The van der Waals surface area contributed by atoms with Crippen molar-refractivity contribution in [1.29, 1.82) is 0 Å². The van der Waals surface area contributed by atoms with E-state index in [9.17, 15) is 5.11 Å². The zero-order valence-electron chi connectivity index (χ0n) is 14.1. The lowest BCUT2D eigenvalue weighted by molar-refractivity contribution is 0.272. The second kappa shape index (κ2) is 7.25. The van der Waals surface area contributed by atoms with Crippen molar-refractivity contribution in [2.24, 2.45) is 5.10 Å². The molecular formula is C19H23N3O2. The molecule has 5 nitrogen and oxygen atoms in total. The molecular weight excluding hydrogens is 302 g/mol. The van der Waals surface area contributed by atoms with Crippen molar-refractivity contribution >= 4 is 11.9 Å². The molecule has 126 valence electrons. The number of nitrogens with zero attached hydrogens (tertiary/aromatic N) is 3. The molecule has 0 atom stereocenters. The average molecular weight is 325 g/mol. The molecule has 0 amide bonds.